The minimum atomic E-state index is -4.09. The summed E-state index contributed by atoms with van der Waals surface area (Å²) in [5.74, 6) is -0.291. The number of hydrogen-bond donors (Lipinski definition) is 1. The Morgan fingerprint density at radius 1 is 0.973 bits per heavy atom. The number of morpholine rings is 1. The van der Waals surface area contributed by atoms with Crippen LogP contribution in [-0.4, -0.2) is 65.1 Å². The summed E-state index contributed by atoms with van der Waals surface area (Å²) in [5.41, 5.74) is 1.94. The molecule has 3 aromatic rings. The minimum absolute atomic E-state index is 0.0181. The van der Waals surface area contributed by atoms with Gasteiger partial charge in [-0.1, -0.05) is 29.8 Å². The number of hydrogen-bond acceptors (Lipinski definition) is 6. The van der Waals surface area contributed by atoms with Crippen LogP contribution in [0.2, 0.25) is 0 Å². The van der Waals surface area contributed by atoms with Crippen molar-refractivity contribution in [3.63, 3.8) is 0 Å². The topological polar surface area (TPSA) is 105 Å². The summed E-state index contributed by atoms with van der Waals surface area (Å²) < 4.78 is 38.7. The molecule has 0 saturated carbocycles. The Morgan fingerprint density at radius 3 is 2.27 bits per heavy atom. The van der Waals surface area contributed by atoms with E-state index in [4.69, 9.17) is 9.47 Å². The normalized spacial score (nSPS) is 13.6. The second-order valence-electron chi connectivity index (χ2n) is 8.52. The van der Waals surface area contributed by atoms with Crippen LogP contribution >= 0.6 is 0 Å². The Kier molecular flexibility index (Phi) is 8.10. The van der Waals surface area contributed by atoms with Gasteiger partial charge in [-0.3, -0.25) is 13.9 Å². The van der Waals surface area contributed by atoms with Crippen LogP contribution in [-0.2, 0) is 19.6 Å². The van der Waals surface area contributed by atoms with Crippen molar-refractivity contribution in [1.29, 1.82) is 0 Å². The molecule has 4 rings (SSSR count). The van der Waals surface area contributed by atoms with Gasteiger partial charge in [-0.15, -0.1) is 0 Å². The van der Waals surface area contributed by atoms with E-state index in [9.17, 15) is 18.0 Å². The van der Waals surface area contributed by atoms with E-state index >= 15 is 0 Å². The van der Waals surface area contributed by atoms with Crippen LogP contribution in [0.5, 0.6) is 5.75 Å². The Balaban J connectivity index is 1.61. The van der Waals surface area contributed by atoms with Crippen LogP contribution in [0, 0.1) is 6.92 Å². The SMILES string of the molecule is COc1ccc(S(=O)(=O)N(CC(=O)Nc2ccccc2C(=O)N2CCOCC2)c2ccc(C)cc2)cc1. The number of sulfonamides is 1. The molecule has 0 aromatic heterocycles. The highest BCUT2D eigenvalue weighted by molar-refractivity contribution is 7.92. The van der Waals surface area contributed by atoms with Gasteiger partial charge in [0.25, 0.3) is 15.9 Å². The number of aryl methyl sites for hydroxylation is 1. The van der Waals surface area contributed by atoms with Gasteiger partial charge in [0.2, 0.25) is 5.91 Å². The zero-order valence-electron chi connectivity index (χ0n) is 20.7. The first-order valence-electron chi connectivity index (χ1n) is 11.8. The summed E-state index contributed by atoms with van der Waals surface area (Å²) in [6, 6.07) is 19.5. The number of anilines is 2. The maximum atomic E-state index is 13.6. The summed E-state index contributed by atoms with van der Waals surface area (Å²) in [6.45, 7) is 3.23. The molecule has 9 nitrogen and oxygen atoms in total. The first-order valence-corrected chi connectivity index (χ1v) is 13.2. The van der Waals surface area contributed by atoms with E-state index in [1.807, 2.05) is 6.92 Å². The third-order valence-electron chi connectivity index (χ3n) is 5.99. The predicted molar refractivity (Wildman–Crippen MR) is 140 cm³/mol. The number of carbonyl (C=O) groups is 2. The number of nitrogens with zero attached hydrogens (tertiary/aromatic N) is 2. The average molecular weight is 524 g/mol. The molecule has 0 bridgehead atoms. The lowest BCUT2D eigenvalue weighted by atomic mass is 10.1. The summed E-state index contributed by atoms with van der Waals surface area (Å²) in [5, 5.41) is 2.74. The lowest BCUT2D eigenvalue weighted by Crippen LogP contribution is -2.41. The van der Waals surface area contributed by atoms with Crippen LogP contribution in [0.1, 0.15) is 15.9 Å². The molecule has 3 aromatic carbocycles. The lowest BCUT2D eigenvalue weighted by molar-refractivity contribution is -0.114. The van der Waals surface area contributed by atoms with Gasteiger partial charge in [0.05, 0.1) is 42.2 Å². The molecule has 194 valence electrons. The first-order chi connectivity index (χ1) is 17.8. The number of para-hydroxylation sites is 1. The van der Waals surface area contributed by atoms with Gasteiger partial charge in [-0.05, 0) is 55.5 Å². The molecule has 0 atom stereocenters. The minimum Gasteiger partial charge on any atom is -0.497 e. The Labute approximate surface area is 216 Å². The molecule has 10 heteroatoms. The van der Waals surface area contributed by atoms with Crippen molar-refractivity contribution in [2.45, 2.75) is 11.8 Å². The number of amides is 2. The van der Waals surface area contributed by atoms with Crippen molar-refractivity contribution in [2.75, 3.05) is 49.6 Å². The van der Waals surface area contributed by atoms with Gasteiger partial charge in [-0.2, -0.15) is 0 Å². The lowest BCUT2D eigenvalue weighted by Gasteiger charge is -2.28. The molecular weight excluding hydrogens is 494 g/mol. The molecule has 1 saturated heterocycles. The van der Waals surface area contributed by atoms with E-state index in [0.717, 1.165) is 9.87 Å². The summed E-state index contributed by atoms with van der Waals surface area (Å²) >= 11 is 0. The third-order valence-corrected chi connectivity index (χ3v) is 7.77. The average Bonchev–Trinajstić information content (AvgIpc) is 2.92. The molecule has 1 N–H and O–H groups in total. The summed E-state index contributed by atoms with van der Waals surface area (Å²) in [7, 11) is -2.60. The number of ether oxygens (including phenoxy) is 2. The predicted octanol–water partition coefficient (Wildman–Crippen LogP) is 3.31. The quantitative estimate of drug-likeness (QED) is 0.486. The second kappa shape index (κ2) is 11.4. The zero-order valence-corrected chi connectivity index (χ0v) is 21.5. The number of rotatable bonds is 8. The van der Waals surface area contributed by atoms with Crippen molar-refractivity contribution < 1.29 is 27.5 Å². The standard InChI is InChI=1S/C27H29N3O6S/c1-20-7-9-21(10-8-20)30(37(33,34)23-13-11-22(35-2)12-14-23)19-26(31)28-25-6-4-3-5-24(25)27(32)29-15-17-36-18-16-29/h3-14H,15-19H2,1-2H3,(H,28,31). The fourth-order valence-corrected chi connectivity index (χ4v) is 5.36. The number of nitrogens with one attached hydrogen (secondary N) is 1. The van der Waals surface area contributed by atoms with Crippen LogP contribution < -0.4 is 14.4 Å². The largest absolute Gasteiger partial charge is 0.497 e. The molecule has 0 spiro atoms. The maximum Gasteiger partial charge on any atom is 0.264 e. The maximum absolute atomic E-state index is 13.6. The van der Waals surface area contributed by atoms with Crippen LogP contribution in [0.15, 0.2) is 77.7 Å². The van der Waals surface area contributed by atoms with E-state index in [0.29, 0.717) is 49.0 Å². The molecule has 1 fully saturated rings. The fourth-order valence-electron chi connectivity index (χ4n) is 3.94. The van der Waals surface area contributed by atoms with Crippen LogP contribution in [0.4, 0.5) is 11.4 Å². The number of carbonyl (C=O) groups excluding carboxylic acids is 2. The molecule has 1 aliphatic rings. The van der Waals surface area contributed by atoms with Crippen LogP contribution in [0.25, 0.3) is 0 Å². The van der Waals surface area contributed by atoms with Crippen LogP contribution in [0.3, 0.4) is 0 Å². The molecule has 1 heterocycles. The van der Waals surface area contributed by atoms with Gasteiger partial charge in [0.1, 0.15) is 12.3 Å². The first kappa shape index (κ1) is 26.2. The molecule has 2 amide bonds. The summed E-state index contributed by atoms with van der Waals surface area (Å²) in [6.07, 6.45) is 0. The van der Waals surface area contributed by atoms with E-state index in [2.05, 4.69) is 5.32 Å². The number of methoxy groups -OCH3 is 1. The van der Waals surface area contributed by atoms with Crippen molar-refractivity contribution in [2.24, 2.45) is 0 Å². The molecule has 0 unspecified atom stereocenters. The monoisotopic (exact) mass is 523 g/mol. The molecule has 0 aliphatic carbocycles. The Hall–Kier alpha value is -3.89. The van der Waals surface area contributed by atoms with Crippen molar-refractivity contribution in [3.05, 3.63) is 83.9 Å². The second-order valence-corrected chi connectivity index (χ2v) is 10.4. The highest BCUT2D eigenvalue weighted by Crippen LogP contribution is 2.26. The Bertz CT molecular complexity index is 1350. The number of benzene rings is 3. The smallest absolute Gasteiger partial charge is 0.264 e. The van der Waals surface area contributed by atoms with Crippen molar-refractivity contribution >= 4 is 33.2 Å². The van der Waals surface area contributed by atoms with E-state index in [1.54, 1.807) is 65.6 Å². The van der Waals surface area contributed by atoms with Crippen molar-refractivity contribution in [3.8, 4) is 5.75 Å². The Morgan fingerprint density at radius 2 is 1.62 bits per heavy atom. The van der Waals surface area contributed by atoms with E-state index in [1.165, 1.54) is 19.2 Å². The highest BCUT2D eigenvalue weighted by Gasteiger charge is 2.28. The van der Waals surface area contributed by atoms with Gasteiger partial charge < -0.3 is 19.7 Å². The molecule has 0 radical (unpaired) electrons. The molecule has 1 aliphatic heterocycles. The third kappa shape index (κ3) is 6.10. The van der Waals surface area contributed by atoms with Gasteiger partial charge in [-0.25, -0.2) is 8.42 Å². The highest BCUT2D eigenvalue weighted by atomic mass is 32.2. The van der Waals surface area contributed by atoms with E-state index in [-0.39, 0.29) is 10.8 Å². The zero-order chi connectivity index (χ0) is 26.4. The van der Waals surface area contributed by atoms with Gasteiger partial charge in [0.15, 0.2) is 0 Å². The van der Waals surface area contributed by atoms with Gasteiger partial charge >= 0.3 is 0 Å². The molecular formula is C27H29N3O6S. The summed E-state index contributed by atoms with van der Waals surface area (Å²) in [4.78, 5) is 28.0. The fraction of sp³-hybridized carbons (Fsp3) is 0.259. The van der Waals surface area contributed by atoms with E-state index < -0.39 is 22.5 Å². The van der Waals surface area contributed by atoms with Gasteiger partial charge in [0, 0.05) is 13.1 Å². The molecule has 37 heavy (non-hydrogen) atoms. The van der Waals surface area contributed by atoms with Crippen molar-refractivity contribution in [1.82, 2.24) is 4.90 Å².